The molecule has 1 aromatic carbocycles. The van der Waals surface area contributed by atoms with Gasteiger partial charge in [0.2, 0.25) is 0 Å². The van der Waals surface area contributed by atoms with Crippen molar-refractivity contribution in [3.05, 3.63) is 31.6 Å². The number of nitro benzene ring substituents is 1. The van der Waals surface area contributed by atoms with Gasteiger partial charge >= 0.3 is 0 Å². The van der Waals surface area contributed by atoms with Gasteiger partial charge in [-0.1, -0.05) is 13.8 Å². The number of nitrogens with two attached hydrogens (primary N) is 1. The summed E-state index contributed by atoms with van der Waals surface area (Å²) in [6, 6.07) is 2.48. The smallest absolute Gasteiger partial charge is 0.293 e. The highest BCUT2D eigenvalue weighted by atomic mass is 127. The van der Waals surface area contributed by atoms with E-state index in [4.69, 9.17) is 5.73 Å². The van der Waals surface area contributed by atoms with E-state index in [1.165, 1.54) is 12.1 Å². The van der Waals surface area contributed by atoms with Crippen LogP contribution in [-0.2, 0) is 0 Å². The van der Waals surface area contributed by atoms with Gasteiger partial charge in [-0.05, 0) is 34.9 Å². The van der Waals surface area contributed by atoms with Gasteiger partial charge in [0, 0.05) is 31.8 Å². The Morgan fingerprint density at radius 1 is 1.50 bits per heavy atom. The summed E-state index contributed by atoms with van der Waals surface area (Å²) in [5.74, 6) is -0.113. The van der Waals surface area contributed by atoms with E-state index < -0.39 is 10.7 Å². The van der Waals surface area contributed by atoms with Gasteiger partial charge < -0.3 is 10.6 Å². The molecule has 1 rings (SSSR count). The molecule has 0 saturated heterocycles. The molecule has 0 amide bonds. The van der Waals surface area contributed by atoms with Crippen LogP contribution >= 0.6 is 22.6 Å². The maximum Gasteiger partial charge on any atom is 0.293 e. The molecule has 0 aliphatic heterocycles. The molecule has 112 valence electrons. The molecule has 0 aromatic heterocycles. The summed E-state index contributed by atoms with van der Waals surface area (Å²) in [6.07, 6.45) is 0.693. The van der Waals surface area contributed by atoms with Crippen molar-refractivity contribution in [1.29, 1.82) is 0 Å². The van der Waals surface area contributed by atoms with Gasteiger partial charge in [-0.25, -0.2) is 4.39 Å². The van der Waals surface area contributed by atoms with Crippen molar-refractivity contribution >= 4 is 34.0 Å². The maximum absolute atomic E-state index is 13.6. The van der Waals surface area contributed by atoms with Crippen LogP contribution in [0.4, 0.5) is 15.8 Å². The van der Waals surface area contributed by atoms with Crippen LogP contribution in [0, 0.1) is 25.4 Å². The summed E-state index contributed by atoms with van der Waals surface area (Å²) in [4.78, 5) is 12.3. The first-order valence-corrected chi connectivity index (χ1v) is 7.42. The van der Waals surface area contributed by atoms with E-state index in [0.29, 0.717) is 18.9 Å². The lowest BCUT2D eigenvalue weighted by molar-refractivity contribution is -0.384. The molecule has 7 heteroatoms. The lowest BCUT2D eigenvalue weighted by atomic mass is 10.0. The molecule has 1 unspecified atom stereocenters. The minimum atomic E-state index is -0.490. The fraction of sp³-hybridized carbons (Fsp3) is 0.538. The summed E-state index contributed by atoms with van der Waals surface area (Å²) >= 11 is 1.75. The van der Waals surface area contributed by atoms with E-state index >= 15 is 0 Å². The Hall–Kier alpha value is -0.960. The average molecular weight is 395 g/mol. The zero-order chi connectivity index (χ0) is 15.4. The molecule has 0 fully saturated rings. The third-order valence-corrected chi connectivity index (χ3v) is 4.11. The van der Waals surface area contributed by atoms with Crippen LogP contribution in [0.15, 0.2) is 12.1 Å². The van der Waals surface area contributed by atoms with E-state index in [0.717, 1.165) is 0 Å². The summed E-state index contributed by atoms with van der Waals surface area (Å²) in [7, 11) is 1.71. The Bertz CT molecular complexity index is 497. The zero-order valence-corrected chi connectivity index (χ0v) is 13.9. The third kappa shape index (κ3) is 4.27. The van der Waals surface area contributed by atoms with Gasteiger partial charge in [0.1, 0.15) is 11.5 Å². The normalized spacial score (nSPS) is 12.6. The van der Waals surface area contributed by atoms with Crippen molar-refractivity contribution in [2.75, 3.05) is 18.5 Å². The lowest BCUT2D eigenvalue weighted by Gasteiger charge is -2.23. The molecule has 1 aromatic rings. The van der Waals surface area contributed by atoms with E-state index in [-0.39, 0.29) is 21.0 Å². The van der Waals surface area contributed by atoms with Crippen molar-refractivity contribution in [3.63, 3.8) is 0 Å². The molecule has 0 bridgehead atoms. The summed E-state index contributed by atoms with van der Waals surface area (Å²) in [5.41, 5.74) is 6.15. The Kier molecular flexibility index (Phi) is 6.12. The van der Waals surface area contributed by atoms with E-state index in [1.807, 2.05) is 13.8 Å². The van der Waals surface area contributed by atoms with Crippen LogP contribution in [0.5, 0.6) is 0 Å². The number of anilines is 1. The van der Waals surface area contributed by atoms with Crippen molar-refractivity contribution in [2.45, 2.75) is 26.3 Å². The Balaban J connectivity index is 2.94. The topological polar surface area (TPSA) is 72.4 Å². The fourth-order valence-corrected chi connectivity index (χ4v) is 2.22. The first kappa shape index (κ1) is 17.1. The average Bonchev–Trinajstić information content (AvgIpc) is 2.37. The van der Waals surface area contributed by atoms with E-state index in [1.54, 1.807) is 34.5 Å². The summed E-state index contributed by atoms with van der Waals surface area (Å²) < 4.78 is 13.9. The fourth-order valence-electron chi connectivity index (χ4n) is 1.77. The number of nitro groups is 1. The van der Waals surface area contributed by atoms with Crippen LogP contribution in [-0.4, -0.2) is 24.6 Å². The number of benzene rings is 1. The van der Waals surface area contributed by atoms with Gasteiger partial charge in [-0.2, -0.15) is 0 Å². The van der Waals surface area contributed by atoms with Crippen LogP contribution in [0.3, 0.4) is 0 Å². The van der Waals surface area contributed by atoms with Crippen molar-refractivity contribution in [3.8, 4) is 0 Å². The molecule has 0 aliphatic carbocycles. The second-order valence-electron chi connectivity index (χ2n) is 5.13. The zero-order valence-electron chi connectivity index (χ0n) is 11.8. The Morgan fingerprint density at radius 2 is 2.10 bits per heavy atom. The van der Waals surface area contributed by atoms with Gasteiger partial charge in [-0.15, -0.1) is 0 Å². The van der Waals surface area contributed by atoms with Crippen molar-refractivity contribution < 1.29 is 9.31 Å². The minimum Gasteiger partial charge on any atom is -0.369 e. The Labute approximate surface area is 131 Å². The van der Waals surface area contributed by atoms with E-state index in [9.17, 15) is 14.5 Å². The molecule has 0 spiro atoms. The molecule has 0 aliphatic rings. The van der Waals surface area contributed by atoms with E-state index in [2.05, 4.69) is 0 Å². The molecule has 2 N–H and O–H groups in total. The minimum absolute atomic E-state index is 0.0187. The second kappa shape index (κ2) is 7.16. The Morgan fingerprint density at radius 3 is 2.60 bits per heavy atom. The van der Waals surface area contributed by atoms with Gasteiger partial charge in [-0.3, -0.25) is 10.1 Å². The number of halogens is 2. The summed E-state index contributed by atoms with van der Waals surface area (Å²) in [5, 5.41) is 11.1. The third-order valence-electron chi connectivity index (χ3n) is 3.28. The first-order chi connectivity index (χ1) is 9.23. The van der Waals surface area contributed by atoms with Crippen molar-refractivity contribution in [2.24, 2.45) is 11.7 Å². The largest absolute Gasteiger partial charge is 0.369 e. The molecule has 1 atom stereocenters. The number of hydrogen-bond acceptors (Lipinski definition) is 4. The summed E-state index contributed by atoms with van der Waals surface area (Å²) in [6.45, 7) is 4.59. The van der Waals surface area contributed by atoms with Gasteiger partial charge in [0.15, 0.2) is 0 Å². The molecule has 0 heterocycles. The molecule has 20 heavy (non-hydrogen) atoms. The predicted octanol–water partition coefficient (Wildman–Crippen LogP) is 3.15. The standard InChI is InChI=1S/C13H19FIN3O2/c1-8(2)11(16)4-5-17(3)12-6-9(14)10(15)7-13(12)18(19)20/h6-8,11H,4-5,16H2,1-3H3. The number of hydrogen-bond donors (Lipinski definition) is 1. The SMILES string of the molecule is CC(C)C(N)CCN(C)c1cc(F)c(I)cc1[N+](=O)[O-]. The molecule has 0 radical (unpaired) electrons. The molecular weight excluding hydrogens is 376 g/mol. The highest BCUT2D eigenvalue weighted by molar-refractivity contribution is 14.1. The monoisotopic (exact) mass is 395 g/mol. The molecule has 0 saturated carbocycles. The number of nitrogens with zero attached hydrogens (tertiary/aromatic N) is 2. The highest BCUT2D eigenvalue weighted by Crippen LogP contribution is 2.31. The molecule has 5 nitrogen and oxygen atoms in total. The quantitative estimate of drug-likeness (QED) is 0.456. The number of rotatable bonds is 6. The lowest BCUT2D eigenvalue weighted by Crippen LogP contribution is -2.32. The molecular formula is C13H19FIN3O2. The maximum atomic E-state index is 13.6. The van der Waals surface area contributed by atoms with Gasteiger partial charge in [0.25, 0.3) is 5.69 Å². The predicted molar refractivity (Wildman–Crippen MR) is 86.5 cm³/mol. The van der Waals surface area contributed by atoms with Crippen molar-refractivity contribution in [1.82, 2.24) is 0 Å². The first-order valence-electron chi connectivity index (χ1n) is 6.34. The highest BCUT2D eigenvalue weighted by Gasteiger charge is 2.21. The van der Waals surface area contributed by atoms with Gasteiger partial charge in [0.05, 0.1) is 8.49 Å². The van der Waals surface area contributed by atoms with Crippen LogP contribution in [0.2, 0.25) is 0 Å². The second-order valence-corrected chi connectivity index (χ2v) is 6.29. The van der Waals surface area contributed by atoms with Crippen LogP contribution < -0.4 is 10.6 Å². The van der Waals surface area contributed by atoms with Crippen LogP contribution in [0.1, 0.15) is 20.3 Å². The van der Waals surface area contributed by atoms with Crippen LogP contribution in [0.25, 0.3) is 0 Å².